The van der Waals surface area contributed by atoms with Crippen LogP contribution in [0.1, 0.15) is 66.8 Å². The second-order valence-electron chi connectivity index (χ2n) is 13.7. The normalized spacial score (nSPS) is 17.9. The molecule has 4 unspecified atom stereocenters. The second kappa shape index (κ2) is 25.1. The zero-order valence-electron chi connectivity index (χ0n) is 32.6. The van der Waals surface area contributed by atoms with Crippen LogP contribution in [0.15, 0.2) is 37.2 Å². The lowest BCUT2D eigenvalue weighted by molar-refractivity contribution is -0.140. The zero-order valence-corrected chi connectivity index (χ0v) is 34.2. The molecule has 0 spiro atoms. The molecule has 2 aromatic heterocycles. The molecule has 0 radical (unpaired) electrons. The number of carbonyl (C=O) groups excluding carboxylic acids is 5. The molecular weight excluding hydrogens is 845 g/mol. The number of thioether (sulfide) groups is 2. The summed E-state index contributed by atoms with van der Waals surface area (Å²) in [4.78, 5) is 129. The number of Topliss-reactive ketones (excluding diaryl/α,β-unsaturated/α-hetero) is 1. The molecule has 25 heteroatoms. The molecule has 0 saturated heterocycles. The summed E-state index contributed by atoms with van der Waals surface area (Å²) in [5, 5.41) is 44.4. The van der Waals surface area contributed by atoms with Gasteiger partial charge in [0.25, 0.3) is 0 Å². The van der Waals surface area contributed by atoms with E-state index < -0.39 is 107 Å². The molecule has 1 aliphatic carbocycles. The van der Waals surface area contributed by atoms with E-state index in [9.17, 15) is 43.2 Å². The van der Waals surface area contributed by atoms with E-state index in [4.69, 9.17) is 31.9 Å². The fraction of sp³-hybridized carbons (Fsp3) is 0.528. The maximum atomic E-state index is 14.8. The lowest BCUT2D eigenvalue weighted by Crippen LogP contribution is -2.50. The van der Waals surface area contributed by atoms with E-state index in [0.29, 0.717) is 30.7 Å². The largest absolute Gasteiger partial charge is 0.480 e. The molecular formula is C36H48N10O13S2. The number of nitrogens with one attached hydrogen (secondary N) is 4. The van der Waals surface area contributed by atoms with Gasteiger partial charge in [-0.15, -0.1) is 23.5 Å². The first kappa shape index (κ1) is 49.6. The van der Waals surface area contributed by atoms with E-state index >= 15 is 0 Å². The summed E-state index contributed by atoms with van der Waals surface area (Å²) in [6.07, 6.45) is 8.56. The van der Waals surface area contributed by atoms with Gasteiger partial charge in [0, 0.05) is 73.4 Å². The molecule has 1 saturated carbocycles. The number of hydrogen-bond donors (Lipinski definition) is 10. The summed E-state index contributed by atoms with van der Waals surface area (Å²) < 4.78 is 0. The van der Waals surface area contributed by atoms with Crippen LogP contribution in [-0.4, -0.2) is 142 Å². The lowest BCUT2D eigenvalue weighted by Gasteiger charge is -2.36. The Hall–Kier alpha value is -5.79. The van der Waals surface area contributed by atoms with Crippen molar-refractivity contribution in [2.45, 2.75) is 79.6 Å². The van der Waals surface area contributed by atoms with Gasteiger partial charge in [0.05, 0.1) is 21.9 Å². The van der Waals surface area contributed by atoms with Crippen LogP contribution in [-0.2, 0) is 43.2 Å². The van der Waals surface area contributed by atoms with Crippen molar-refractivity contribution < 1.29 is 63.6 Å². The van der Waals surface area contributed by atoms with Crippen LogP contribution >= 0.6 is 23.5 Å². The molecule has 0 aliphatic heterocycles. The van der Waals surface area contributed by atoms with E-state index in [-0.39, 0.29) is 43.0 Å². The van der Waals surface area contributed by atoms with Gasteiger partial charge in [-0.3, -0.25) is 63.1 Å². The Labute approximate surface area is 356 Å². The maximum Gasteiger partial charge on any atom is 0.322 e. The van der Waals surface area contributed by atoms with Crippen LogP contribution in [0.2, 0.25) is 0 Å². The number of aromatic nitrogens is 4. The third-order valence-electron chi connectivity index (χ3n) is 9.26. The topological polar surface area (TPSA) is 386 Å². The van der Waals surface area contributed by atoms with Gasteiger partial charge >= 0.3 is 23.9 Å². The van der Waals surface area contributed by atoms with E-state index in [1.54, 1.807) is 0 Å². The molecule has 1 aliphatic rings. The van der Waals surface area contributed by atoms with Crippen LogP contribution < -0.4 is 32.7 Å². The zero-order chi connectivity index (χ0) is 45.1. The average molecular weight is 893 g/mol. The number of amides is 4. The van der Waals surface area contributed by atoms with Crippen molar-refractivity contribution in [3.05, 3.63) is 48.6 Å². The molecule has 0 bridgehead atoms. The highest BCUT2D eigenvalue weighted by Gasteiger charge is 2.43. The molecule has 12 N–H and O–H groups in total. The number of carbonyl (C=O) groups is 9. The van der Waals surface area contributed by atoms with Gasteiger partial charge in [0.15, 0.2) is 0 Å². The van der Waals surface area contributed by atoms with Crippen molar-refractivity contribution in [1.82, 2.24) is 41.2 Å². The van der Waals surface area contributed by atoms with Gasteiger partial charge in [-0.2, -0.15) is 0 Å². The summed E-state index contributed by atoms with van der Waals surface area (Å²) in [6.45, 7) is -1.52. The Kier molecular flexibility index (Phi) is 20.4. The first-order chi connectivity index (χ1) is 29.0. The Bertz CT molecular complexity index is 1740. The van der Waals surface area contributed by atoms with Gasteiger partial charge < -0.3 is 53.2 Å². The molecule has 332 valence electrons. The summed E-state index contributed by atoms with van der Waals surface area (Å²) in [6, 6.07) is -5.37. The smallest absolute Gasteiger partial charge is 0.322 e. The highest BCUT2D eigenvalue weighted by atomic mass is 32.2. The van der Waals surface area contributed by atoms with Crippen LogP contribution in [0.5, 0.6) is 0 Å². The number of rotatable bonds is 26. The van der Waals surface area contributed by atoms with Crippen molar-refractivity contribution in [3.8, 4) is 0 Å². The lowest BCUT2D eigenvalue weighted by atomic mass is 9.76. The quantitative estimate of drug-likeness (QED) is 0.0501. The fourth-order valence-electron chi connectivity index (χ4n) is 6.14. The van der Waals surface area contributed by atoms with E-state index in [2.05, 4.69) is 41.2 Å². The van der Waals surface area contributed by atoms with Crippen LogP contribution in [0.4, 0.5) is 0 Å². The molecule has 0 aromatic carbocycles. The molecule has 2 aromatic rings. The molecule has 8 atom stereocenters. The Morgan fingerprint density at radius 2 is 1.05 bits per heavy atom. The van der Waals surface area contributed by atoms with Gasteiger partial charge in [0.2, 0.25) is 23.6 Å². The molecule has 3 rings (SSSR count). The highest BCUT2D eigenvalue weighted by molar-refractivity contribution is 7.99. The van der Waals surface area contributed by atoms with Crippen LogP contribution in [0.3, 0.4) is 0 Å². The maximum absolute atomic E-state index is 14.8. The average Bonchev–Trinajstić information content (AvgIpc) is 3.23. The molecule has 4 amide bonds. The molecule has 1 fully saturated rings. The number of nitrogens with zero attached hydrogens (tertiary/aromatic N) is 4. The van der Waals surface area contributed by atoms with Crippen molar-refractivity contribution in [2.75, 3.05) is 24.6 Å². The number of ketones is 1. The van der Waals surface area contributed by atoms with Gasteiger partial charge in [-0.05, 0) is 25.7 Å². The molecule has 2 heterocycles. The van der Waals surface area contributed by atoms with Crippen LogP contribution in [0, 0.1) is 11.8 Å². The first-order valence-electron chi connectivity index (χ1n) is 18.8. The van der Waals surface area contributed by atoms with E-state index in [1.165, 1.54) is 37.2 Å². The van der Waals surface area contributed by atoms with Crippen molar-refractivity contribution in [3.63, 3.8) is 0 Å². The minimum atomic E-state index is -1.35. The summed E-state index contributed by atoms with van der Waals surface area (Å²) >= 11 is 2.18. The summed E-state index contributed by atoms with van der Waals surface area (Å²) in [7, 11) is 0. The fourth-order valence-corrected chi connectivity index (χ4v) is 9.00. The Morgan fingerprint density at radius 3 is 1.38 bits per heavy atom. The summed E-state index contributed by atoms with van der Waals surface area (Å²) in [5.41, 5.74) is 11.8. The van der Waals surface area contributed by atoms with Crippen LogP contribution in [0.25, 0.3) is 0 Å². The van der Waals surface area contributed by atoms with Gasteiger partial charge in [-0.25, -0.2) is 0 Å². The monoisotopic (exact) mass is 892 g/mol. The van der Waals surface area contributed by atoms with Crippen molar-refractivity contribution >= 4 is 76.8 Å². The number of nitrogens with two attached hydrogens (primary N) is 2. The highest BCUT2D eigenvalue weighted by Crippen LogP contribution is 2.48. The number of carboxylic acid groups (broad SMARTS) is 4. The minimum absolute atomic E-state index is 0.190. The predicted octanol–water partition coefficient (Wildman–Crippen LogP) is -1.74. The third kappa shape index (κ3) is 16.6. The number of carboxylic acids is 4. The predicted molar refractivity (Wildman–Crippen MR) is 215 cm³/mol. The number of hydrogen-bond acceptors (Lipinski definition) is 17. The van der Waals surface area contributed by atoms with E-state index in [0.717, 1.165) is 23.5 Å². The first-order valence-corrected chi connectivity index (χ1v) is 20.9. The summed E-state index contributed by atoms with van der Waals surface area (Å²) in [5.74, 6) is -10.7. The Morgan fingerprint density at radius 1 is 0.656 bits per heavy atom. The van der Waals surface area contributed by atoms with Gasteiger partial charge in [-0.1, -0.05) is 6.42 Å². The minimum Gasteiger partial charge on any atom is -0.480 e. The van der Waals surface area contributed by atoms with Crippen molar-refractivity contribution in [2.24, 2.45) is 23.3 Å². The standard InChI is InChI=1S/C36H48N10O13S2/c37-20(35(56)57)4-6-26(47)45-24(33(54)43-14-28(49)50)16-60-31(22-12-39-8-10-41-22)18-2-1-3-19(30(18)53)32(23-13-40-9-11-42-23)61-17-25(34(55)44-15-29(51)52)46-27(48)7-5-21(38)36(58)59/h8-13,18-21,24-25,31-32H,1-7,14-17,37-38H2,(H,43,54)(H,44,55)(H,45,47)(H,46,48)(H,49,50)(H,51,52)(H,56,57)(H,58,59)/t18?,19?,20-,21+,24-,25-,31?,32?/m0/s1. The number of aliphatic carboxylic acids is 4. The second-order valence-corrected chi connectivity index (χ2v) is 16.1. The van der Waals surface area contributed by atoms with Gasteiger partial charge in [0.1, 0.15) is 43.0 Å². The van der Waals surface area contributed by atoms with E-state index in [1.807, 2.05) is 0 Å². The SMILES string of the molecule is N[C@H](CCC(=O)N[C@@H](CSC(c1cnccn1)C1CCCC(C(SC[C@H](NC(=O)CC[C@H](N)C(=O)O)C(=O)NCC(=O)O)c2cnccn2)C1=O)C(=O)NCC(=O)O)C(=O)O. The molecule has 61 heavy (non-hydrogen) atoms. The van der Waals surface area contributed by atoms with Crippen molar-refractivity contribution in [1.29, 1.82) is 0 Å². The Balaban J connectivity index is 1.92. The molecule has 23 nitrogen and oxygen atoms in total. The third-order valence-corrected chi connectivity index (χ3v) is 12.2.